The number of hydrogen-bond acceptors (Lipinski definition) is 3. The van der Waals surface area contributed by atoms with E-state index in [0.717, 1.165) is 18.6 Å². The van der Waals surface area contributed by atoms with E-state index in [9.17, 15) is 18.0 Å². The summed E-state index contributed by atoms with van der Waals surface area (Å²) in [5, 5.41) is 2.78. The quantitative estimate of drug-likeness (QED) is 0.777. The molecule has 0 spiro atoms. The Morgan fingerprint density at radius 2 is 1.87 bits per heavy atom. The third-order valence-electron chi connectivity index (χ3n) is 4.24. The van der Waals surface area contributed by atoms with Gasteiger partial charge in [-0.3, -0.25) is 15.6 Å². The van der Waals surface area contributed by atoms with Crippen LogP contribution in [0.15, 0.2) is 24.3 Å². The van der Waals surface area contributed by atoms with Gasteiger partial charge in [-0.15, -0.1) is 0 Å². The fourth-order valence-electron chi connectivity index (χ4n) is 2.89. The molecule has 4 nitrogen and oxygen atoms in total. The van der Waals surface area contributed by atoms with Gasteiger partial charge in [0.15, 0.2) is 0 Å². The highest BCUT2D eigenvalue weighted by Gasteiger charge is 2.31. The molecule has 1 aromatic carbocycles. The summed E-state index contributed by atoms with van der Waals surface area (Å²) < 4.78 is 37.9. The number of rotatable bonds is 5. The van der Waals surface area contributed by atoms with Gasteiger partial charge in [0.25, 0.3) is 0 Å². The maximum Gasteiger partial charge on any atom is 0.416 e. The van der Waals surface area contributed by atoms with Crippen molar-refractivity contribution < 1.29 is 18.0 Å². The molecule has 1 heterocycles. The second-order valence-corrected chi connectivity index (χ2v) is 6.04. The topological polar surface area (TPSA) is 53.2 Å². The first-order valence-electron chi connectivity index (χ1n) is 7.71. The molecule has 0 saturated carbocycles. The van der Waals surface area contributed by atoms with E-state index < -0.39 is 11.7 Å². The van der Waals surface area contributed by atoms with Crippen molar-refractivity contribution in [2.75, 3.05) is 6.54 Å². The summed E-state index contributed by atoms with van der Waals surface area (Å²) >= 11 is 0. The molecule has 7 heteroatoms. The summed E-state index contributed by atoms with van der Waals surface area (Å²) in [5.41, 5.74) is 5.93. The van der Waals surface area contributed by atoms with E-state index in [2.05, 4.69) is 30.0 Å². The molecule has 0 radical (unpaired) electrons. The normalized spacial score (nSPS) is 24.7. The Balaban J connectivity index is 1.81. The van der Waals surface area contributed by atoms with Gasteiger partial charge in [0.1, 0.15) is 0 Å². The Kier molecular flexibility index (Phi) is 5.64. The first kappa shape index (κ1) is 17.7. The maximum atomic E-state index is 12.6. The van der Waals surface area contributed by atoms with E-state index in [-0.39, 0.29) is 12.3 Å². The molecule has 23 heavy (non-hydrogen) atoms. The third kappa shape index (κ3) is 4.94. The highest BCUT2D eigenvalue weighted by Crippen LogP contribution is 2.29. The molecule has 2 unspecified atom stereocenters. The summed E-state index contributed by atoms with van der Waals surface area (Å²) in [6, 6.07) is 5.53. The molecular formula is C16H22F3N3O. The minimum absolute atomic E-state index is 0.0454. The summed E-state index contributed by atoms with van der Waals surface area (Å²) in [6.07, 6.45) is -3.62. The van der Waals surface area contributed by atoms with Gasteiger partial charge in [0.05, 0.1) is 12.0 Å². The van der Waals surface area contributed by atoms with Crippen molar-refractivity contribution in [3.05, 3.63) is 35.4 Å². The van der Waals surface area contributed by atoms with Gasteiger partial charge in [0.2, 0.25) is 5.91 Å². The van der Waals surface area contributed by atoms with Gasteiger partial charge in [-0.1, -0.05) is 18.2 Å². The van der Waals surface area contributed by atoms with E-state index in [1.54, 1.807) is 0 Å². The van der Waals surface area contributed by atoms with Crippen molar-refractivity contribution in [2.24, 2.45) is 5.92 Å². The predicted molar refractivity (Wildman–Crippen MR) is 81.5 cm³/mol. The molecule has 1 fully saturated rings. The average Bonchev–Trinajstić information content (AvgIpc) is 2.78. The zero-order valence-corrected chi connectivity index (χ0v) is 13.2. The molecule has 1 aliphatic rings. The molecule has 3 N–H and O–H groups in total. The standard InChI is InChI=1S/C16H22F3N3O/c1-10-14(11(2)22-21-10)6-7-20-15(23)9-12-4-3-5-13(8-12)16(17,18)19/h3-5,8,10-11,14,21-22H,6-7,9H2,1-2H3,(H,20,23). The van der Waals surface area contributed by atoms with E-state index in [1.165, 1.54) is 12.1 Å². The number of nitrogens with one attached hydrogen (secondary N) is 3. The first-order valence-corrected chi connectivity index (χ1v) is 7.71. The van der Waals surface area contributed by atoms with Crippen molar-refractivity contribution in [2.45, 2.75) is 44.9 Å². The van der Waals surface area contributed by atoms with Crippen molar-refractivity contribution >= 4 is 5.91 Å². The lowest BCUT2D eigenvalue weighted by Gasteiger charge is -2.17. The fourth-order valence-corrected chi connectivity index (χ4v) is 2.89. The molecule has 1 aliphatic heterocycles. The molecule has 1 saturated heterocycles. The van der Waals surface area contributed by atoms with Crippen LogP contribution in [0.4, 0.5) is 13.2 Å². The smallest absolute Gasteiger partial charge is 0.356 e. The number of benzene rings is 1. The molecule has 1 aromatic rings. The first-order chi connectivity index (χ1) is 10.8. The minimum atomic E-state index is -4.39. The largest absolute Gasteiger partial charge is 0.416 e. The second-order valence-electron chi connectivity index (χ2n) is 6.04. The second kappa shape index (κ2) is 7.31. The lowest BCUT2D eigenvalue weighted by atomic mass is 9.93. The average molecular weight is 329 g/mol. The molecule has 2 atom stereocenters. The number of hydrogen-bond donors (Lipinski definition) is 3. The number of halogens is 3. The Morgan fingerprint density at radius 3 is 2.48 bits per heavy atom. The highest BCUT2D eigenvalue weighted by molar-refractivity contribution is 5.78. The van der Waals surface area contributed by atoms with Crippen LogP contribution in [0.1, 0.15) is 31.4 Å². The predicted octanol–water partition coefficient (Wildman–Crippen LogP) is 2.26. The van der Waals surface area contributed by atoms with Gasteiger partial charge < -0.3 is 5.32 Å². The summed E-state index contributed by atoms with van der Waals surface area (Å²) in [5.74, 6) is 0.146. The zero-order valence-electron chi connectivity index (χ0n) is 13.2. The molecule has 0 aliphatic carbocycles. The molecular weight excluding hydrogens is 307 g/mol. The lowest BCUT2D eigenvalue weighted by Crippen LogP contribution is -2.31. The fraction of sp³-hybridized carbons (Fsp3) is 0.562. The van der Waals surface area contributed by atoms with Gasteiger partial charge in [0, 0.05) is 18.6 Å². The molecule has 0 aromatic heterocycles. The van der Waals surface area contributed by atoms with Gasteiger partial charge in [-0.25, -0.2) is 0 Å². The minimum Gasteiger partial charge on any atom is -0.356 e. The van der Waals surface area contributed by atoms with E-state index in [0.29, 0.717) is 30.1 Å². The van der Waals surface area contributed by atoms with Crippen molar-refractivity contribution in [3.63, 3.8) is 0 Å². The number of carbonyl (C=O) groups is 1. The molecule has 1 amide bonds. The van der Waals surface area contributed by atoms with Crippen LogP contribution < -0.4 is 16.2 Å². The zero-order chi connectivity index (χ0) is 17.0. The Hall–Kier alpha value is -1.60. The van der Waals surface area contributed by atoms with E-state index >= 15 is 0 Å². The van der Waals surface area contributed by atoms with Crippen LogP contribution in [0.25, 0.3) is 0 Å². The summed E-state index contributed by atoms with van der Waals surface area (Å²) in [6.45, 7) is 4.66. The number of hydrazine groups is 1. The third-order valence-corrected chi connectivity index (χ3v) is 4.24. The lowest BCUT2D eigenvalue weighted by molar-refractivity contribution is -0.137. The van der Waals surface area contributed by atoms with Crippen LogP contribution in [0.5, 0.6) is 0 Å². The van der Waals surface area contributed by atoms with Crippen molar-refractivity contribution in [1.82, 2.24) is 16.2 Å². The van der Waals surface area contributed by atoms with Crippen LogP contribution >= 0.6 is 0 Å². The Labute approximate surface area is 133 Å². The monoisotopic (exact) mass is 329 g/mol. The molecule has 128 valence electrons. The van der Waals surface area contributed by atoms with Gasteiger partial charge in [-0.2, -0.15) is 13.2 Å². The van der Waals surface area contributed by atoms with Crippen LogP contribution in [-0.4, -0.2) is 24.5 Å². The molecule has 0 bridgehead atoms. The van der Waals surface area contributed by atoms with E-state index in [1.807, 2.05) is 0 Å². The van der Waals surface area contributed by atoms with Crippen LogP contribution in [0, 0.1) is 5.92 Å². The Bertz CT molecular complexity index is 538. The Morgan fingerprint density at radius 1 is 1.22 bits per heavy atom. The number of amides is 1. The number of alkyl halides is 3. The van der Waals surface area contributed by atoms with Crippen LogP contribution in [-0.2, 0) is 17.4 Å². The summed E-state index contributed by atoms with van der Waals surface area (Å²) in [4.78, 5) is 11.9. The van der Waals surface area contributed by atoms with Gasteiger partial charge >= 0.3 is 6.18 Å². The van der Waals surface area contributed by atoms with Gasteiger partial charge in [-0.05, 0) is 37.8 Å². The molecule has 2 rings (SSSR count). The summed E-state index contributed by atoms with van der Waals surface area (Å²) in [7, 11) is 0. The number of carbonyl (C=O) groups excluding carboxylic acids is 1. The maximum absolute atomic E-state index is 12.6. The highest BCUT2D eigenvalue weighted by atomic mass is 19.4. The van der Waals surface area contributed by atoms with E-state index in [4.69, 9.17) is 0 Å². The van der Waals surface area contributed by atoms with Crippen LogP contribution in [0.3, 0.4) is 0 Å². The van der Waals surface area contributed by atoms with Crippen molar-refractivity contribution in [3.8, 4) is 0 Å². The van der Waals surface area contributed by atoms with Crippen LogP contribution in [0.2, 0.25) is 0 Å². The van der Waals surface area contributed by atoms with Crippen molar-refractivity contribution in [1.29, 1.82) is 0 Å². The SMILES string of the molecule is CC1NNC(C)C1CCNC(=O)Cc1cccc(C(F)(F)F)c1.